The molecule has 2 N–H and O–H groups in total. The number of nitrogens with zero attached hydrogens (tertiary/aromatic N) is 2. The van der Waals surface area contributed by atoms with E-state index in [2.05, 4.69) is 27.7 Å². The van der Waals surface area contributed by atoms with Crippen molar-refractivity contribution in [1.82, 2.24) is 15.5 Å². The molecular weight excluding hydrogens is 352 g/mol. The molecule has 6 heteroatoms. The van der Waals surface area contributed by atoms with Gasteiger partial charge in [0, 0.05) is 37.9 Å². The van der Waals surface area contributed by atoms with Crippen molar-refractivity contribution in [3.63, 3.8) is 0 Å². The number of carbonyl (C=O) groups excluding carboxylic acids is 2. The number of hydrogen-bond donors (Lipinski definition) is 2. The SMILES string of the molecule is CC(C)[C@@H](NC(=O)N1CCN(c2ccccc2)CC1)C(=O)NC1CCCCC1. The molecule has 1 saturated heterocycles. The standard InChI is InChI=1S/C22H34N4O2/c1-17(2)20(21(27)23-18-9-5-3-6-10-18)24-22(28)26-15-13-25(14-16-26)19-11-7-4-8-12-19/h4,7-8,11-12,17-18,20H,3,5-6,9-10,13-16H2,1-2H3,(H,23,27)(H,24,28)/t20-/m1/s1. The van der Waals surface area contributed by atoms with Crippen LogP contribution >= 0.6 is 0 Å². The fourth-order valence-corrected chi connectivity index (χ4v) is 4.10. The summed E-state index contributed by atoms with van der Waals surface area (Å²) >= 11 is 0. The molecule has 0 unspecified atom stereocenters. The average Bonchev–Trinajstić information content (AvgIpc) is 2.73. The van der Waals surface area contributed by atoms with Gasteiger partial charge >= 0.3 is 6.03 Å². The van der Waals surface area contributed by atoms with Crippen LogP contribution in [0.2, 0.25) is 0 Å². The van der Waals surface area contributed by atoms with Gasteiger partial charge in [-0.15, -0.1) is 0 Å². The normalized spacial score (nSPS) is 19.4. The van der Waals surface area contributed by atoms with Crippen LogP contribution < -0.4 is 15.5 Å². The molecule has 154 valence electrons. The summed E-state index contributed by atoms with van der Waals surface area (Å²) in [5.41, 5.74) is 1.19. The van der Waals surface area contributed by atoms with E-state index in [1.165, 1.54) is 24.9 Å². The number of hydrogen-bond acceptors (Lipinski definition) is 3. The maximum atomic E-state index is 12.8. The van der Waals surface area contributed by atoms with Crippen molar-refractivity contribution in [2.75, 3.05) is 31.1 Å². The molecule has 2 aliphatic rings. The highest BCUT2D eigenvalue weighted by atomic mass is 16.2. The molecule has 1 aromatic rings. The van der Waals surface area contributed by atoms with Crippen LogP contribution in [0.1, 0.15) is 46.0 Å². The molecule has 2 fully saturated rings. The third-order valence-corrected chi connectivity index (χ3v) is 5.87. The Kier molecular flexibility index (Phi) is 7.18. The maximum absolute atomic E-state index is 12.8. The zero-order valence-corrected chi connectivity index (χ0v) is 17.2. The van der Waals surface area contributed by atoms with Crippen molar-refractivity contribution < 1.29 is 9.59 Å². The number of rotatable bonds is 5. The predicted molar refractivity (Wildman–Crippen MR) is 112 cm³/mol. The Morgan fingerprint density at radius 2 is 1.61 bits per heavy atom. The van der Waals surface area contributed by atoms with Gasteiger partial charge in [0.15, 0.2) is 0 Å². The van der Waals surface area contributed by atoms with Crippen LogP contribution in [-0.4, -0.2) is 55.1 Å². The monoisotopic (exact) mass is 386 g/mol. The van der Waals surface area contributed by atoms with E-state index in [1.54, 1.807) is 0 Å². The highest BCUT2D eigenvalue weighted by Gasteiger charge is 2.29. The number of urea groups is 1. The first kappa shape index (κ1) is 20.5. The Labute approximate surface area is 168 Å². The molecule has 0 spiro atoms. The van der Waals surface area contributed by atoms with Crippen molar-refractivity contribution >= 4 is 17.6 Å². The molecule has 0 radical (unpaired) electrons. The number of nitrogens with one attached hydrogen (secondary N) is 2. The minimum absolute atomic E-state index is 0.0434. The van der Waals surface area contributed by atoms with Crippen molar-refractivity contribution in [1.29, 1.82) is 0 Å². The van der Waals surface area contributed by atoms with Gasteiger partial charge in [-0.05, 0) is 30.9 Å². The molecule has 1 aliphatic heterocycles. The van der Waals surface area contributed by atoms with Gasteiger partial charge in [-0.1, -0.05) is 51.3 Å². The number of carbonyl (C=O) groups is 2. The Balaban J connectivity index is 1.50. The van der Waals surface area contributed by atoms with E-state index in [0.717, 1.165) is 25.9 Å². The number of anilines is 1. The first-order valence-corrected chi connectivity index (χ1v) is 10.7. The lowest BCUT2D eigenvalue weighted by molar-refractivity contribution is -0.124. The molecule has 0 bridgehead atoms. The first-order valence-electron chi connectivity index (χ1n) is 10.7. The number of amides is 3. The lowest BCUT2D eigenvalue weighted by Gasteiger charge is -2.37. The molecular formula is C22H34N4O2. The fraction of sp³-hybridized carbons (Fsp3) is 0.636. The van der Waals surface area contributed by atoms with E-state index < -0.39 is 6.04 Å². The van der Waals surface area contributed by atoms with E-state index in [4.69, 9.17) is 0 Å². The van der Waals surface area contributed by atoms with Crippen molar-refractivity contribution in [2.45, 2.75) is 58.0 Å². The van der Waals surface area contributed by atoms with Gasteiger partial charge in [-0.3, -0.25) is 4.79 Å². The molecule has 1 saturated carbocycles. The third-order valence-electron chi connectivity index (χ3n) is 5.87. The second kappa shape index (κ2) is 9.80. The van der Waals surface area contributed by atoms with Gasteiger partial charge in [-0.2, -0.15) is 0 Å². The summed E-state index contributed by atoms with van der Waals surface area (Å²) in [7, 11) is 0. The van der Waals surface area contributed by atoms with E-state index in [9.17, 15) is 9.59 Å². The van der Waals surface area contributed by atoms with E-state index in [1.807, 2.05) is 36.9 Å². The van der Waals surface area contributed by atoms with Crippen LogP contribution in [0.25, 0.3) is 0 Å². The lowest BCUT2D eigenvalue weighted by atomic mass is 9.94. The summed E-state index contributed by atoms with van der Waals surface area (Å²) in [5.74, 6) is 0.0105. The molecule has 28 heavy (non-hydrogen) atoms. The highest BCUT2D eigenvalue weighted by molar-refractivity contribution is 5.87. The van der Waals surface area contributed by atoms with Gasteiger partial charge in [0.1, 0.15) is 6.04 Å². The van der Waals surface area contributed by atoms with E-state index >= 15 is 0 Å². The Hall–Kier alpha value is -2.24. The van der Waals surface area contributed by atoms with Gasteiger partial charge in [0.2, 0.25) is 5.91 Å². The molecule has 3 rings (SSSR count). The topological polar surface area (TPSA) is 64.7 Å². The second-order valence-corrected chi connectivity index (χ2v) is 8.32. The third kappa shape index (κ3) is 5.40. The van der Waals surface area contributed by atoms with Crippen LogP contribution in [-0.2, 0) is 4.79 Å². The van der Waals surface area contributed by atoms with Gasteiger partial charge < -0.3 is 20.4 Å². The minimum Gasteiger partial charge on any atom is -0.368 e. The van der Waals surface area contributed by atoms with Crippen molar-refractivity contribution in [3.8, 4) is 0 Å². The first-order chi connectivity index (χ1) is 13.5. The Morgan fingerprint density at radius 1 is 0.964 bits per heavy atom. The molecule has 1 heterocycles. The van der Waals surface area contributed by atoms with Gasteiger partial charge in [-0.25, -0.2) is 4.79 Å². The molecule has 0 aromatic heterocycles. The average molecular weight is 387 g/mol. The maximum Gasteiger partial charge on any atom is 0.318 e. The summed E-state index contributed by atoms with van der Waals surface area (Å²) in [5, 5.41) is 6.14. The minimum atomic E-state index is -0.485. The zero-order chi connectivity index (χ0) is 19.9. The zero-order valence-electron chi connectivity index (χ0n) is 17.2. The predicted octanol–water partition coefficient (Wildman–Crippen LogP) is 2.99. The van der Waals surface area contributed by atoms with E-state index in [-0.39, 0.29) is 23.9 Å². The number of para-hydroxylation sites is 1. The molecule has 6 nitrogen and oxygen atoms in total. The number of benzene rings is 1. The van der Waals surface area contributed by atoms with Gasteiger partial charge in [0.25, 0.3) is 0 Å². The summed E-state index contributed by atoms with van der Waals surface area (Å²) in [4.78, 5) is 29.6. The van der Waals surface area contributed by atoms with E-state index in [0.29, 0.717) is 13.1 Å². The summed E-state index contributed by atoms with van der Waals surface area (Å²) in [6, 6.07) is 9.91. The Bertz CT molecular complexity index is 635. The molecule has 1 aliphatic carbocycles. The quantitative estimate of drug-likeness (QED) is 0.818. The number of piperazine rings is 1. The summed E-state index contributed by atoms with van der Waals surface area (Å²) in [6.07, 6.45) is 5.70. The molecule has 1 atom stereocenters. The summed E-state index contributed by atoms with van der Waals surface area (Å²) in [6.45, 7) is 6.90. The Morgan fingerprint density at radius 3 is 2.21 bits per heavy atom. The lowest BCUT2D eigenvalue weighted by Crippen LogP contribution is -2.58. The van der Waals surface area contributed by atoms with Crippen molar-refractivity contribution in [3.05, 3.63) is 30.3 Å². The smallest absolute Gasteiger partial charge is 0.318 e. The second-order valence-electron chi connectivity index (χ2n) is 8.32. The van der Waals surface area contributed by atoms with Gasteiger partial charge in [0.05, 0.1) is 0 Å². The molecule has 1 aromatic carbocycles. The highest BCUT2D eigenvalue weighted by Crippen LogP contribution is 2.18. The van der Waals surface area contributed by atoms with Crippen LogP contribution in [0.3, 0.4) is 0 Å². The van der Waals surface area contributed by atoms with Crippen LogP contribution in [0.5, 0.6) is 0 Å². The van der Waals surface area contributed by atoms with Crippen molar-refractivity contribution in [2.24, 2.45) is 5.92 Å². The molecule has 3 amide bonds. The fourth-order valence-electron chi connectivity index (χ4n) is 4.10. The van der Waals surface area contributed by atoms with Crippen LogP contribution in [0, 0.1) is 5.92 Å². The largest absolute Gasteiger partial charge is 0.368 e. The van der Waals surface area contributed by atoms with Crippen LogP contribution in [0.15, 0.2) is 30.3 Å². The summed E-state index contributed by atoms with van der Waals surface area (Å²) < 4.78 is 0. The van der Waals surface area contributed by atoms with Crippen LogP contribution in [0.4, 0.5) is 10.5 Å².